The van der Waals surface area contributed by atoms with E-state index in [-0.39, 0.29) is 18.5 Å². The van der Waals surface area contributed by atoms with Crippen LogP contribution in [-0.4, -0.2) is 12.6 Å². The molecule has 0 fully saturated rings. The zero-order valence-electron chi connectivity index (χ0n) is 7.40. The van der Waals surface area contributed by atoms with Crippen LogP contribution >= 0.6 is 12.4 Å². The van der Waals surface area contributed by atoms with Gasteiger partial charge in [-0.15, -0.1) is 12.4 Å². The first-order valence-electron chi connectivity index (χ1n) is 4.35. The van der Waals surface area contributed by atoms with E-state index in [1.165, 1.54) is 5.56 Å². The predicted molar refractivity (Wildman–Crippen MR) is 55.5 cm³/mol. The molecule has 72 valence electrons. The Morgan fingerprint density at radius 3 is 2.92 bits per heavy atom. The largest absolute Gasteiger partial charge is 0.489 e. The van der Waals surface area contributed by atoms with Crippen molar-refractivity contribution in [2.75, 3.05) is 6.54 Å². The number of hydrogen-bond donors (Lipinski definition) is 1. The van der Waals surface area contributed by atoms with Crippen molar-refractivity contribution in [2.24, 2.45) is 5.73 Å². The monoisotopic (exact) mass is 199 g/mol. The van der Waals surface area contributed by atoms with Crippen LogP contribution in [0.3, 0.4) is 0 Å². The van der Waals surface area contributed by atoms with Crippen LogP contribution in [0.2, 0.25) is 0 Å². The van der Waals surface area contributed by atoms with E-state index >= 15 is 0 Å². The molecule has 3 heteroatoms. The molecule has 0 saturated carbocycles. The van der Waals surface area contributed by atoms with E-state index in [1.54, 1.807) is 0 Å². The van der Waals surface area contributed by atoms with Gasteiger partial charge >= 0.3 is 0 Å². The number of halogens is 1. The number of para-hydroxylation sites is 1. The summed E-state index contributed by atoms with van der Waals surface area (Å²) in [6, 6.07) is 8.17. The summed E-state index contributed by atoms with van der Waals surface area (Å²) in [6.07, 6.45) is 2.37. The van der Waals surface area contributed by atoms with E-state index < -0.39 is 0 Å². The maximum Gasteiger partial charge on any atom is 0.122 e. The minimum Gasteiger partial charge on any atom is -0.489 e. The van der Waals surface area contributed by atoms with Crippen molar-refractivity contribution in [1.82, 2.24) is 0 Å². The number of benzene rings is 1. The zero-order chi connectivity index (χ0) is 8.39. The van der Waals surface area contributed by atoms with Crippen molar-refractivity contribution in [3.8, 4) is 5.75 Å². The van der Waals surface area contributed by atoms with E-state index in [2.05, 4.69) is 6.07 Å². The third kappa shape index (κ3) is 2.14. The third-order valence-electron chi connectivity index (χ3n) is 2.26. The number of rotatable bonds is 1. The summed E-state index contributed by atoms with van der Waals surface area (Å²) in [5.74, 6) is 1.01. The molecule has 1 aliphatic rings. The Morgan fingerprint density at radius 2 is 2.15 bits per heavy atom. The summed E-state index contributed by atoms with van der Waals surface area (Å²) in [7, 11) is 0. The van der Waals surface area contributed by atoms with E-state index in [0.717, 1.165) is 18.6 Å². The van der Waals surface area contributed by atoms with Crippen LogP contribution in [0.5, 0.6) is 5.75 Å². The molecule has 2 rings (SSSR count). The molecule has 0 amide bonds. The minimum atomic E-state index is 0. The van der Waals surface area contributed by atoms with Crippen LogP contribution in [0.15, 0.2) is 24.3 Å². The van der Waals surface area contributed by atoms with Crippen molar-refractivity contribution in [3.05, 3.63) is 29.8 Å². The molecule has 1 aromatic rings. The molecule has 1 aliphatic heterocycles. The molecule has 0 spiro atoms. The molecular formula is C10H14ClNO. The second-order valence-electron chi connectivity index (χ2n) is 3.12. The van der Waals surface area contributed by atoms with Crippen molar-refractivity contribution in [2.45, 2.75) is 18.9 Å². The topological polar surface area (TPSA) is 35.2 Å². The highest BCUT2D eigenvalue weighted by Gasteiger charge is 2.16. The molecule has 1 aromatic carbocycles. The summed E-state index contributed by atoms with van der Waals surface area (Å²) in [5.41, 5.74) is 6.84. The lowest BCUT2D eigenvalue weighted by atomic mass is 10.0. The first-order chi connectivity index (χ1) is 5.90. The third-order valence-corrected chi connectivity index (χ3v) is 2.26. The summed E-state index contributed by atoms with van der Waals surface area (Å²) < 4.78 is 5.66. The molecule has 0 bridgehead atoms. The molecule has 0 radical (unpaired) electrons. The fourth-order valence-corrected chi connectivity index (χ4v) is 1.55. The maximum absolute atomic E-state index is 5.66. The van der Waals surface area contributed by atoms with Gasteiger partial charge in [0.15, 0.2) is 0 Å². The first-order valence-corrected chi connectivity index (χ1v) is 4.35. The van der Waals surface area contributed by atoms with Gasteiger partial charge in [-0.2, -0.15) is 0 Å². The van der Waals surface area contributed by atoms with Gasteiger partial charge in [-0.3, -0.25) is 0 Å². The SMILES string of the molecule is Cl.NC[C@@H]1CCc2ccccc2O1. The Bertz CT molecular complexity index is 277. The summed E-state index contributed by atoms with van der Waals surface area (Å²) >= 11 is 0. The van der Waals surface area contributed by atoms with Gasteiger partial charge in [0.05, 0.1) is 0 Å². The Hall–Kier alpha value is -0.730. The van der Waals surface area contributed by atoms with Gasteiger partial charge in [0.1, 0.15) is 11.9 Å². The average Bonchev–Trinajstić information content (AvgIpc) is 2.17. The summed E-state index contributed by atoms with van der Waals surface area (Å²) in [5, 5.41) is 0. The number of fused-ring (bicyclic) bond motifs is 1. The normalized spacial score (nSPS) is 19.6. The van der Waals surface area contributed by atoms with Gasteiger partial charge in [0, 0.05) is 6.54 Å². The molecular weight excluding hydrogens is 186 g/mol. The van der Waals surface area contributed by atoms with E-state index in [0.29, 0.717) is 6.54 Å². The molecule has 1 heterocycles. The van der Waals surface area contributed by atoms with Crippen LogP contribution in [0, 0.1) is 0 Å². The summed E-state index contributed by atoms with van der Waals surface area (Å²) in [4.78, 5) is 0. The maximum atomic E-state index is 5.66. The van der Waals surface area contributed by atoms with E-state index in [9.17, 15) is 0 Å². The lowest BCUT2D eigenvalue weighted by Gasteiger charge is -2.24. The van der Waals surface area contributed by atoms with Crippen LogP contribution in [-0.2, 0) is 6.42 Å². The smallest absolute Gasteiger partial charge is 0.122 e. The lowest BCUT2D eigenvalue weighted by Crippen LogP contribution is -2.30. The van der Waals surface area contributed by atoms with Crippen molar-refractivity contribution in [3.63, 3.8) is 0 Å². The molecule has 0 aromatic heterocycles. The average molecular weight is 200 g/mol. The highest BCUT2D eigenvalue weighted by molar-refractivity contribution is 5.85. The zero-order valence-corrected chi connectivity index (χ0v) is 8.22. The Kier molecular flexibility index (Phi) is 3.58. The van der Waals surface area contributed by atoms with Gasteiger partial charge in [0.2, 0.25) is 0 Å². The molecule has 2 N–H and O–H groups in total. The molecule has 13 heavy (non-hydrogen) atoms. The van der Waals surface area contributed by atoms with E-state index in [1.807, 2.05) is 18.2 Å². The summed E-state index contributed by atoms with van der Waals surface area (Å²) in [6.45, 7) is 0.619. The highest BCUT2D eigenvalue weighted by Crippen LogP contribution is 2.26. The number of nitrogens with two attached hydrogens (primary N) is 1. The Labute approximate surface area is 84.5 Å². The predicted octanol–water partition coefficient (Wildman–Crippen LogP) is 1.76. The molecule has 0 aliphatic carbocycles. The van der Waals surface area contributed by atoms with Crippen LogP contribution in [0.1, 0.15) is 12.0 Å². The van der Waals surface area contributed by atoms with Crippen molar-refractivity contribution < 1.29 is 4.74 Å². The van der Waals surface area contributed by atoms with Gasteiger partial charge < -0.3 is 10.5 Å². The van der Waals surface area contributed by atoms with Gasteiger partial charge in [0.25, 0.3) is 0 Å². The van der Waals surface area contributed by atoms with Crippen LogP contribution < -0.4 is 10.5 Å². The van der Waals surface area contributed by atoms with Gasteiger partial charge in [-0.1, -0.05) is 18.2 Å². The van der Waals surface area contributed by atoms with Crippen LogP contribution in [0.25, 0.3) is 0 Å². The standard InChI is InChI=1S/C10H13NO.ClH/c11-7-9-6-5-8-3-1-2-4-10(8)12-9;/h1-4,9H,5-7,11H2;1H/t9-;/m0./s1. The fourth-order valence-electron chi connectivity index (χ4n) is 1.55. The molecule has 2 nitrogen and oxygen atoms in total. The number of ether oxygens (including phenoxy) is 1. The van der Waals surface area contributed by atoms with Gasteiger partial charge in [-0.25, -0.2) is 0 Å². The number of hydrogen-bond acceptors (Lipinski definition) is 2. The molecule has 1 atom stereocenters. The molecule has 0 saturated heterocycles. The minimum absolute atomic E-state index is 0. The van der Waals surface area contributed by atoms with Crippen LogP contribution in [0.4, 0.5) is 0 Å². The second-order valence-corrected chi connectivity index (χ2v) is 3.12. The first kappa shape index (κ1) is 10.4. The van der Waals surface area contributed by atoms with Crippen molar-refractivity contribution in [1.29, 1.82) is 0 Å². The second kappa shape index (κ2) is 4.49. The highest BCUT2D eigenvalue weighted by atomic mass is 35.5. The Balaban J connectivity index is 0.000000845. The number of aryl methyl sites for hydroxylation is 1. The Morgan fingerprint density at radius 1 is 1.38 bits per heavy atom. The fraction of sp³-hybridized carbons (Fsp3) is 0.400. The lowest BCUT2D eigenvalue weighted by molar-refractivity contribution is 0.181. The van der Waals surface area contributed by atoms with Gasteiger partial charge in [-0.05, 0) is 24.5 Å². The van der Waals surface area contributed by atoms with E-state index in [4.69, 9.17) is 10.5 Å². The van der Waals surface area contributed by atoms with Crippen molar-refractivity contribution >= 4 is 12.4 Å². The quantitative estimate of drug-likeness (QED) is 0.748. The molecule has 0 unspecified atom stereocenters.